The van der Waals surface area contributed by atoms with Crippen molar-refractivity contribution in [1.82, 2.24) is 0 Å². The summed E-state index contributed by atoms with van der Waals surface area (Å²) in [4.78, 5) is 10.7. The molecule has 0 saturated heterocycles. The molecule has 0 heterocycles. The molecule has 16 heavy (non-hydrogen) atoms. The molecule has 1 aromatic carbocycles. The highest BCUT2D eigenvalue weighted by atomic mass is 19.1. The molecular formula is C10H11F2NO3. The van der Waals surface area contributed by atoms with Crippen molar-refractivity contribution in [2.75, 3.05) is 13.7 Å². The molecule has 0 spiro atoms. The Morgan fingerprint density at radius 2 is 2.12 bits per heavy atom. The topological polar surface area (TPSA) is 72.5 Å². The van der Waals surface area contributed by atoms with Gasteiger partial charge >= 0.3 is 5.97 Å². The van der Waals surface area contributed by atoms with Gasteiger partial charge in [0.05, 0.1) is 13.0 Å². The van der Waals surface area contributed by atoms with Crippen LogP contribution < -0.4 is 10.5 Å². The van der Waals surface area contributed by atoms with Crippen LogP contribution in [-0.4, -0.2) is 24.7 Å². The molecule has 0 aliphatic heterocycles. The monoisotopic (exact) mass is 231 g/mol. The molecule has 0 fully saturated rings. The van der Waals surface area contributed by atoms with Crippen LogP contribution in [0, 0.1) is 11.6 Å². The number of methoxy groups -OCH3 is 1. The standard InChI is InChI=1S/C10H11F2NO3/c1-16-9-3-7(11)5(2-8(9)12)6(4-13)10(14)15/h2-3,6H,4,13H2,1H3,(H,14,15). The van der Waals surface area contributed by atoms with E-state index in [0.717, 1.165) is 12.1 Å². The average Bonchev–Trinajstić information content (AvgIpc) is 2.23. The lowest BCUT2D eigenvalue weighted by Crippen LogP contribution is -2.22. The summed E-state index contributed by atoms with van der Waals surface area (Å²) in [5.41, 5.74) is 4.91. The summed E-state index contributed by atoms with van der Waals surface area (Å²) in [5.74, 6) is -4.51. The molecule has 1 rings (SSSR count). The fourth-order valence-corrected chi connectivity index (χ4v) is 1.33. The highest BCUT2D eigenvalue weighted by Gasteiger charge is 2.23. The van der Waals surface area contributed by atoms with Crippen molar-refractivity contribution in [2.24, 2.45) is 5.73 Å². The van der Waals surface area contributed by atoms with E-state index in [1.54, 1.807) is 0 Å². The van der Waals surface area contributed by atoms with Crippen molar-refractivity contribution < 1.29 is 23.4 Å². The van der Waals surface area contributed by atoms with Gasteiger partial charge in [-0.1, -0.05) is 0 Å². The average molecular weight is 231 g/mol. The lowest BCUT2D eigenvalue weighted by Gasteiger charge is -2.12. The van der Waals surface area contributed by atoms with Crippen molar-refractivity contribution in [2.45, 2.75) is 5.92 Å². The maximum absolute atomic E-state index is 13.4. The molecule has 0 amide bonds. The Bertz CT molecular complexity index is 409. The molecule has 0 aromatic heterocycles. The van der Waals surface area contributed by atoms with E-state index < -0.39 is 23.5 Å². The Morgan fingerprint density at radius 3 is 2.56 bits per heavy atom. The van der Waals surface area contributed by atoms with E-state index in [1.807, 2.05) is 0 Å². The van der Waals surface area contributed by atoms with Gasteiger partial charge in [-0.3, -0.25) is 4.79 Å². The summed E-state index contributed by atoms with van der Waals surface area (Å²) < 4.78 is 31.3. The zero-order valence-electron chi connectivity index (χ0n) is 8.54. The molecule has 0 aliphatic rings. The second-order valence-corrected chi connectivity index (χ2v) is 3.13. The van der Waals surface area contributed by atoms with Crippen molar-refractivity contribution in [3.8, 4) is 5.75 Å². The summed E-state index contributed by atoms with van der Waals surface area (Å²) in [5, 5.41) is 8.77. The van der Waals surface area contributed by atoms with Crippen LogP contribution in [0.2, 0.25) is 0 Å². The predicted molar refractivity (Wildman–Crippen MR) is 52.3 cm³/mol. The number of nitrogens with two attached hydrogens (primary N) is 1. The highest BCUT2D eigenvalue weighted by molar-refractivity contribution is 5.76. The first-order chi connectivity index (χ1) is 7.51. The maximum Gasteiger partial charge on any atom is 0.312 e. The van der Waals surface area contributed by atoms with E-state index in [1.165, 1.54) is 7.11 Å². The Balaban J connectivity index is 3.24. The Labute approximate surface area is 90.6 Å². The number of rotatable bonds is 4. The lowest BCUT2D eigenvalue weighted by molar-refractivity contribution is -0.138. The molecule has 1 atom stereocenters. The van der Waals surface area contributed by atoms with E-state index in [9.17, 15) is 13.6 Å². The molecule has 0 bridgehead atoms. The van der Waals surface area contributed by atoms with Crippen LogP contribution in [0.15, 0.2) is 12.1 Å². The summed E-state index contributed by atoms with van der Waals surface area (Å²) in [6.07, 6.45) is 0. The van der Waals surface area contributed by atoms with E-state index in [2.05, 4.69) is 4.74 Å². The van der Waals surface area contributed by atoms with Crippen LogP contribution in [0.1, 0.15) is 11.5 Å². The van der Waals surface area contributed by atoms with Crippen molar-refractivity contribution in [3.05, 3.63) is 29.3 Å². The number of carboxylic acid groups (broad SMARTS) is 1. The molecule has 88 valence electrons. The third-order valence-electron chi connectivity index (χ3n) is 2.18. The zero-order chi connectivity index (χ0) is 12.3. The smallest absolute Gasteiger partial charge is 0.312 e. The number of benzene rings is 1. The highest BCUT2D eigenvalue weighted by Crippen LogP contribution is 2.26. The van der Waals surface area contributed by atoms with Gasteiger partial charge in [-0.25, -0.2) is 8.78 Å². The molecular weight excluding hydrogens is 220 g/mol. The van der Waals surface area contributed by atoms with Crippen LogP contribution in [0.25, 0.3) is 0 Å². The number of hydrogen-bond donors (Lipinski definition) is 2. The van der Waals surface area contributed by atoms with Crippen LogP contribution in [-0.2, 0) is 4.79 Å². The second kappa shape index (κ2) is 4.89. The fourth-order valence-electron chi connectivity index (χ4n) is 1.33. The number of halogens is 2. The third-order valence-corrected chi connectivity index (χ3v) is 2.18. The quantitative estimate of drug-likeness (QED) is 0.813. The van der Waals surface area contributed by atoms with Crippen molar-refractivity contribution in [1.29, 1.82) is 0 Å². The number of carboxylic acids is 1. The van der Waals surface area contributed by atoms with Gasteiger partial charge in [0.1, 0.15) is 5.82 Å². The van der Waals surface area contributed by atoms with Crippen LogP contribution in [0.3, 0.4) is 0 Å². The van der Waals surface area contributed by atoms with Gasteiger partial charge in [0.25, 0.3) is 0 Å². The van der Waals surface area contributed by atoms with Crippen molar-refractivity contribution in [3.63, 3.8) is 0 Å². The minimum atomic E-state index is -1.30. The Kier molecular flexibility index (Phi) is 3.78. The first kappa shape index (κ1) is 12.4. The van der Waals surface area contributed by atoms with Crippen LogP contribution in [0.5, 0.6) is 5.75 Å². The van der Waals surface area contributed by atoms with Gasteiger partial charge in [-0.05, 0) is 6.07 Å². The zero-order valence-corrected chi connectivity index (χ0v) is 8.54. The molecule has 1 aromatic rings. The summed E-state index contributed by atoms with van der Waals surface area (Å²) in [7, 11) is 1.19. The first-order valence-electron chi connectivity index (χ1n) is 4.47. The minimum absolute atomic E-state index is 0.276. The molecule has 1 unspecified atom stereocenters. The SMILES string of the molecule is COc1cc(F)c(C(CN)C(=O)O)cc1F. The van der Waals surface area contributed by atoms with Gasteiger partial charge in [0, 0.05) is 18.2 Å². The number of carbonyl (C=O) groups is 1. The number of hydrogen-bond acceptors (Lipinski definition) is 3. The molecule has 0 aliphatic carbocycles. The lowest BCUT2D eigenvalue weighted by atomic mass is 9.98. The molecule has 0 radical (unpaired) electrons. The third kappa shape index (κ3) is 2.27. The largest absolute Gasteiger partial charge is 0.494 e. The normalized spacial score (nSPS) is 12.2. The first-order valence-corrected chi connectivity index (χ1v) is 4.47. The van der Waals surface area contributed by atoms with Gasteiger partial charge in [0.2, 0.25) is 0 Å². The van der Waals surface area contributed by atoms with Crippen molar-refractivity contribution >= 4 is 5.97 Å². The second-order valence-electron chi connectivity index (χ2n) is 3.13. The minimum Gasteiger partial charge on any atom is -0.494 e. The molecule has 4 nitrogen and oxygen atoms in total. The molecule has 0 saturated carbocycles. The Hall–Kier alpha value is -1.69. The van der Waals surface area contributed by atoms with E-state index >= 15 is 0 Å². The summed E-state index contributed by atoms with van der Waals surface area (Å²) >= 11 is 0. The van der Waals surface area contributed by atoms with E-state index in [-0.39, 0.29) is 17.9 Å². The molecule has 3 N–H and O–H groups in total. The van der Waals surface area contributed by atoms with E-state index in [4.69, 9.17) is 10.8 Å². The van der Waals surface area contributed by atoms with Crippen LogP contribution >= 0.6 is 0 Å². The summed E-state index contributed by atoms with van der Waals surface area (Å²) in [6.45, 7) is -0.308. The van der Waals surface area contributed by atoms with E-state index in [0.29, 0.717) is 0 Å². The maximum atomic E-state index is 13.4. The number of ether oxygens (including phenoxy) is 1. The fraction of sp³-hybridized carbons (Fsp3) is 0.300. The van der Waals surface area contributed by atoms with Gasteiger partial charge in [-0.2, -0.15) is 0 Å². The van der Waals surface area contributed by atoms with Gasteiger partial charge in [-0.15, -0.1) is 0 Å². The van der Waals surface area contributed by atoms with Gasteiger partial charge in [0.15, 0.2) is 11.6 Å². The predicted octanol–water partition coefficient (Wildman–Crippen LogP) is 1.10. The van der Waals surface area contributed by atoms with Crippen LogP contribution in [0.4, 0.5) is 8.78 Å². The number of aliphatic carboxylic acids is 1. The van der Waals surface area contributed by atoms with Gasteiger partial charge < -0.3 is 15.6 Å². The summed E-state index contributed by atoms with van der Waals surface area (Å²) in [6, 6.07) is 1.59. The Morgan fingerprint density at radius 1 is 1.50 bits per heavy atom. The molecule has 6 heteroatoms.